The normalized spacial score (nSPS) is 13.9. The van der Waals surface area contributed by atoms with E-state index in [0.29, 0.717) is 5.92 Å². The highest BCUT2D eigenvalue weighted by Crippen LogP contribution is 2.52. The Bertz CT molecular complexity index is 3620. The van der Waals surface area contributed by atoms with E-state index in [1.54, 1.807) is 0 Å². The van der Waals surface area contributed by atoms with E-state index in [2.05, 4.69) is 238 Å². The molecule has 0 spiro atoms. The molecule has 0 N–H and O–H groups in total. The molecule has 0 radical (unpaired) electrons. The quantitative estimate of drug-likeness (QED) is 0.128. The van der Waals surface area contributed by atoms with Crippen LogP contribution < -0.4 is 25.5 Å². The van der Waals surface area contributed by atoms with Crippen LogP contribution in [0.25, 0.3) is 53.5 Å². The predicted octanol–water partition coefficient (Wildman–Crippen LogP) is 16.9. The van der Waals surface area contributed by atoms with Crippen LogP contribution in [0.3, 0.4) is 0 Å². The van der Waals surface area contributed by atoms with Crippen LogP contribution in [0.5, 0.6) is 0 Å². The third-order valence-electron chi connectivity index (χ3n) is 15.3. The van der Waals surface area contributed by atoms with Gasteiger partial charge in [0.25, 0.3) is 6.71 Å². The number of anilines is 6. The first kappa shape index (κ1) is 43.0. The van der Waals surface area contributed by atoms with Crippen molar-refractivity contribution in [3.63, 3.8) is 0 Å². The van der Waals surface area contributed by atoms with Gasteiger partial charge in [0.15, 0.2) is 0 Å². The summed E-state index contributed by atoms with van der Waals surface area (Å²) in [6.07, 6.45) is 0. The Hall–Kier alpha value is -6.36. The van der Waals surface area contributed by atoms with Gasteiger partial charge in [0.05, 0.1) is 11.4 Å². The van der Waals surface area contributed by atoms with Crippen molar-refractivity contribution in [3.05, 3.63) is 173 Å². The van der Waals surface area contributed by atoms with E-state index in [0.717, 1.165) is 0 Å². The first-order valence-corrected chi connectivity index (χ1v) is 25.5. The van der Waals surface area contributed by atoms with E-state index in [-0.39, 0.29) is 23.0 Å². The molecule has 0 amide bonds. The number of benzene rings is 9. The average molecular weight is 901 g/mol. The van der Waals surface area contributed by atoms with Crippen molar-refractivity contribution < 1.29 is 0 Å². The van der Waals surface area contributed by atoms with Gasteiger partial charge in [-0.1, -0.05) is 161 Å². The van der Waals surface area contributed by atoms with Crippen molar-refractivity contribution in [1.29, 1.82) is 0 Å². The topological polar surface area (TPSA) is 6.48 Å². The molecule has 1 aromatic heterocycles. The van der Waals surface area contributed by atoms with Gasteiger partial charge in [0.2, 0.25) is 0 Å². The molecule has 2 aliphatic heterocycles. The Kier molecular flexibility index (Phi) is 9.36. The molecule has 336 valence electrons. The van der Waals surface area contributed by atoms with E-state index >= 15 is 0 Å². The van der Waals surface area contributed by atoms with E-state index in [9.17, 15) is 0 Å². The maximum Gasteiger partial charge on any atom is 0.264 e. The summed E-state index contributed by atoms with van der Waals surface area (Å²) in [6.45, 7) is 28.1. The number of nitrogens with zero attached hydrogens (tertiary/aromatic N) is 2. The Morgan fingerprint density at radius 2 is 1.07 bits per heavy atom. The first-order chi connectivity index (χ1) is 32.3. The maximum absolute atomic E-state index is 2.67. The van der Waals surface area contributed by atoms with Gasteiger partial charge in [0.1, 0.15) is 0 Å². The Labute approximate surface area is 407 Å². The molecule has 0 aliphatic carbocycles. The van der Waals surface area contributed by atoms with Gasteiger partial charge in [-0.3, -0.25) is 0 Å². The van der Waals surface area contributed by atoms with E-state index in [1.807, 2.05) is 11.3 Å². The molecule has 2 nitrogen and oxygen atoms in total. The summed E-state index contributed by atoms with van der Waals surface area (Å²) in [4.78, 5) is 5.31. The zero-order chi connectivity index (χ0) is 47.3. The van der Waals surface area contributed by atoms with Gasteiger partial charge in [-0.25, -0.2) is 0 Å². The third kappa shape index (κ3) is 6.57. The fourth-order valence-electron chi connectivity index (χ4n) is 11.3. The standard InChI is InChI=1S/C64H61BN2S/c1-37(2)41-22-27-53-51(32-41)65-59-54(66(48-25-16-38(3)17-26-48)60-50-34-46(63(7,8)9)24-29-56(50)68-61(60)65)35-47(64(10,11)12)36-55(59)67(53)52-28-23-45(62(4,5)6)33-49(52)44-30-42-20-18-39-14-13-15-40-19-21-43(31-44)58(42)57(39)40/h13-37H,1-12H3. The van der Waals surface area contributed by atoms with E-state index in [4.69, 9.17) is 0 Å². The van der Waals surface area contributed by atoms with Crippen molar-refractivity contribution in [3.8, 4) is 11.1 Å². The summed E-state index contributed by atoms with van der Waals surface area (Å²) in [7, 11) is 0. The molecule has 4 heteroatoms. The summed E-state index contributed by atoms with van der Waals surface area (Å²) in [5.41, 5.74) is 19.2. The molecule has 0 atom stereocenters. The fraction of sp³-hybridized carbons (Fsp3) is 0.250. The minimum atomic E-state index is -0.127. The number of hydrogen-bond donors (Lipinski definition) is 0. The average Bonchev–Trinajstić information content (AvgIpc) is 3.68. The largest absolute Gasteiger partial charge is 0.311 e. The molecule has 68 heavy (non-hydrogen) atoms. The van der Waals surface area contributed by atoms with Gasteiger partial charge < -0.3 is 9.80 Å². The molecule has 12 rings (SSSR count). The number of thiophene rings is 1. The van der Waals surface area contributed by atoms with Gasteiger partial charge in [-0.15, -0.1) is 11.3 Å². The number of rotatable bonds is 4. The van der Waals surface area contributed by atoms with E-state index < -0.39 is 0 Å². The lowest BCUT2D eigenvalue weighted by molar-refractivity contribution is 0.590. The molecular formula is C64H61BN2S. The Balaban J connectivity index is 1.20. The summed E-state index contributed by atoms with van der Waals surface area (Å²) in [6, 6.07) is 57.3. The molecule has 2 aliphatic rings. The minimum absolute atomic E-state index is 0.0109. The highest BCUT2D eigenvalue weighted by atomic mass is 32.1. The van der Waals surface area contributed by atoms with Crippen LogP contribution in [0.4, 0.5) is 34.1 Å². The lowest BCUT2D eigenvalue weighted by Gasteiger charge is -2.45. The summed E-state index contributed by atoms with van der Waals surface area (Å²) < 4.78 is 2.75. The molecule has 0 fully saturated rings. The summed E-state index contributed by atoms with van der Waals surface area (Å²) in [5.74, 6) is 0.377. The van der Waals surface area contributed by atoms with Crippen molar-refractivity contribution in [1.82, 2.24) is 0 Å². The predicted molar refractivity (Wildman–Crippen MR) is 300 cm³/mol. The van der Waals surface area contributed by atoms with Gasteiger partial charge in [-0.05, 0) is 167 Å². The van der Waals surface area contributed by atoms with Crippen LogP contribution in [0.2, 0.25) is 0 Å². The molecule has 0 saturated carbocycles. The van der Waals surface area contributed by atoms with Crippen LogP contribution in [0, 0.1) is 6.92 Å². The Morgan fingerprint density at radius 1 is 0.500 bits per heavy atom. The van der Waals surface area contributed by atoms with Gasteiger partial charge in [0, 0.05) is 43.2 Å². The van der Waals surface area contributed by atoms with Crippen molar-refractivity contribution in [2.24, 2.45) is 0 Å². The second-order valence-corrected chi connectivity index (χ2v) is 24.4. The lowest BCUT2D eigenvalue weighted by Crippen LogP contribution is -2.60. The molecule has 10 aromatic rings. The first-order valence-electron chi connectivity index (χ1n) is 24.7. The number of aryl methyl sites for hydroxylation is 1. The Morgan fingerprint density at radius 3 is 1.71 bits per heavy atom. The molecule has 0 bridgehead atoms. The SMILES string of the molecule is Cc1ccc(N2c3cc(C(C)(C)C)cc4c3B(c3cc(C(C)C)ccc3N4c3ccc(C(C)(C)C)cc3-c3cc4ccc5cccc6ccc(c3)c4c56)c3sc4ccc(C(C)(C)C)cc4c32)cc1. The molecular weight excluding hydrogens is 840 g/mol. The molecule has 3 heterocycles. The monoisotopic (exact) mass is 900 g/mol. The van der Waals surface area contributed by atoms with Crippen molar-refractivity contribution in [2.45, 2.75) is 105 Å². The van der Waals surface area contributed by atoms with Crippen LogP contribution >= 0.6 is 11.3 Å². The molecule has 0 unspecified atom stereocenters. The second kappa shape index (κ2) is 14.8. The van der Waals surface area contributed by atoms with Crippen LogP contribution in [0.15, 0.2) is 146 Å². The zero-order valence-electron chi connectivity index (χ0n) is 41.8. The van der Waals surface area contributed by atoms with Crippen LogP contribution in [0.1, 0.15) is 110 Å². The third-order valence-corrected chi connectivity index (χ3v) is 16.5. The van der Waals surface area contributed by atoms with Gasteiger partial charge >= 0.3 is 0 Å². The highest BCUT2D eigenvalue weighted by Gasteiger charge is 2.46. The number of hydrogen-bond acceptors (Lipinski definition) is 3. The van der Waals surface area contributed by atoms with Crippen LogP contribution in [-0.4, -0.2) is 6.71 Å². The zero-order valence-corrected chi connectivity index (χ0v) is 42.6. The van der Waals surface area contributed by atoms with Gasteiger partial charge in [-0.2, -0.15) is 0 Å². The van der Waals surface area contributed by atoms with E-state index in [1.165, 1.54) is 131 Å². The highest BCUT2D eigenvalue weighted by molar-refractivity contribution is 7.33. The maximum atomic E-state index is 2.67. The minimum Gasteiger partial charge on any atom is -0.311 e. The smallest absolute Gasteiger partial charge is 0.264 e. The fourth-order valence-corrected chi connectivity index (χ4v) is 12.6. The van der Waals surface area contributed by atoms with Crippen LogP contribution in [-0.2, 0) is 16.2 Å². The molecule has 0 saturated heterocycles. The molecule has 9 aromatic carbocycles. The number of fused-ring (bicyclic) bond motifs is 6. The second-order valence-electron chi connectivity index (χ2n) is 23.4. The van der Waals surface area contributed by atoms with Crippen molar-refractivity contribution in [2.75, 3.05) is 9.80 Å². The summed E-state index contributed by atoms with van der Waals surface area (Å²) >= 11 is 1.99. The lowest BCUT2D eigenvalue weighted by atomic mass is 9.36. The van der Waals surface area contributed by atoms with Crippen molar-refractivity contribution >= 4 is 110 Å². The summed E-state index contributed by atoms with van der Waals surface area (Å²) in [5, 5.41) is 9.19.